The predicted octanol–water partition coefficient (Wildman–Crippen LogP) is 3.31. The number of morpholine rings is 1. The molecule has 0 radical (unpaired) electrons. The summed E-state index contributed by atoms with van der Waals surface area (Å²) in [4.78, 5) is 18.7. The summed E-state index contributed by atoms with van der Waals surface area (Å²) in [5, 5.41) is 12.5. The molecule has 226 valence electrons. The van der Waals surface area contributed by atoms with Gasteiger partial charge < -0.3 is 29.6 Å². The molecule has 2 aliphatic heterocycles. The highest BCUT2D eigenvalue weighted by Crippen LogP contribution is 2.44. The molecule has 2 N–H and O–H groups in total. The second-order valence-corrected chi connectivity index (χ2v) is 11.5. The van der Waals surface area contributed by atoms with E-state index in [9.17, 15) is 4.79 Å². The maximum atomic E-state index is 11.4. The zero-order valence-electron chi connectivity index (χ0n) is 24.7. The van der Waals surface area contributed by atoms with E-state index in [2.05, 4.69) is 45.4 Å². The van der Waals surface area contributed by atoms with Crippen molar-refractivity contribution >= 4 is 17.1 Å². The van der Waals surface area contributed by atoms with Gasteiger partial charge in [-0.25, -0.2) is 14.5 Å². The highest BCUT2D eigenvalue weighted by atomic mass is 16.6. The predicted molar refractivity (Wildman–Crippen MR) is 157 cm³/mol. The number of nitrogens with zero attached hydrogens (tertiary/aromatic N) is 4. The van der Waals surface area contributed by atoms with Gasteiger partial charge in [0.15, 0.2) is 5.65 Å². The first-order valence-electron chi connectivity index (χ1n) is 15.1. The van der Waals surface area contributed by atoms with E-state index in [0.717, 1.165) is 48.2 Å². The number of pyridine rings is 1. The number of epoxide rings is 1. The van der Waals surface area contributed by atoms with Crippen molar-refractivity contribution in [2.24, 2.45) is 0 Å². The zero-order valence-corrected chi connectivity index (χ0v) is 24.7. The molecule has 2 saturated heterocycles. The third-order valence-electron chi connectivity index (χ3n) is 8.29. The molecular weight excluding hydrogens is 536 g/mol. The third kappa shape index (κ3) is 6.76. The van der Waals surface area contributed by atoms with Crippen molar-refractivity contribution in [1.82, 2.24) is 30.3 Å². The van der Waals surface area contributed by atoms with E-state index >= 15 is 0 Å². The second-order valence-electron chi connectivity index (χ2n) is 11.5. The van der Waals surface area contributed by atoms with E-state index in [1.807, 2.05) is 35.9 Å². The van der Waals surface area contributed by atoms with Crippen molar-refractivity contribution in [3.8, 4) is 0 Å². The molecule has 2 aromatic heterocycles. The fraction of sp³-hybridized carbons (Fsp3) is 0.581. The van der Waals surface area contributed by atoms with E-state index in [1.165, 1.54) is 12.7 Å². The number of nitrogens with one attached hydrogen (secondary N) is 2. The number of benzene rings is 1. The number of aromatic nitrogens is 3. The lowest BCUT2D eigenvalue weighted by Gasteiger charge is -2.31. The topological polar surface area (TPSA) is 115 Å². The molecule has 1 saturated carbocycles. The Labute approximate surface area is 246 Å². The molecule has 1 aromatic carbocycles. The van der Waals surface area contributed by atoms with Crippen LogP contribution in [0.5, 0.6) is 0 Å². The number of hydrogen-bond acceptors (Lipinski definition) is 9. The van der Waals surface area contributed by atoms with Crippen LogP contribution in [0.3, 0.4) is 0 Å². The molecule has 2 unspecified atom stereocenters. The number of alkyl carbamates (subject to hydrolysis) is 1. The van der Waals surface area contributed by atoms with Gasteiger partial charge in [-0.3, -0.25) is 4.90 Å². The first-order chi connectivity index (χ1) is 20.5. The van der Waals surface area contributed by atoms with Crippen LogP contribution in [0, 0.1) is 6.92 Å². The van der Waals surface area contributed by atoms with Crippen LogP contribution in [-0.4, -0.2) is 89.7 Å². The van der Waals surface area contributed by atoms with Crippen molar-refractivity contribution in [2.45, 2.75) is 82.8 Å². The number of carbonyl (C=O) groups is 1. The standard InChI is InChI=1S/C31H42N6O5/c1-20-10-13-25-27(35-36(29(25)34-20)15-7-14-32-31(38)39-3)21(2)37(24-11-12-24)30-28(42-30)26-16-33-23(19-41-26)18-40-17-22-8-5-4-6-9-22/h4-6,8-10,13,21,23-24,26,28,30,33H,7,11-12,14-19H2,1-3H3,(H,32,38)/t21-,23+,26-,28?,30?/m1/s1. The molecular formula is C31H42N6O5. The number of carbonyl (C=O) groups excluding carboxylic acids is 1. The van der Waals surface area contributed by atoms with Crippen molar-refractivity contribution < 1.29 is 23.7 Å². The Morgan fingerprint density at radius 2 is 2.07 bits per heavy atom. The van der Waals surface area contributed by atoms with E-state index in [1.54, 1.807) is 0 Å². The summed E-state index contributed by atoms with van der Waals surface area (Å²) in [6.45, 7) is 7.94. The maximum absolute atomic E-state index is 11.4. The Balaban J connectivity index is 1.06. The SMILES string of the molecule is COC(=O)NCCCn1nc([C@@H](C)N(C2CC2)C2OC2[C@H]2CN[C@@H](COCc3ccccc3)CO2)c2ccc(C)nc21. The Morgan fingerprint density at radius 3 is 2.81 bits per heavy atom. The van der Waals surface area contributed by atoms with Crippen LogP contribution in [0.25, 0.3) is 11.0 Å². The van der Waals surface area contributed by atoms with E-state index < -0.39 is 6.09 Å². The highest BCUT2D eigenvalue weighted by molar-refractivity contribution is 5.79. The van der Waals surface area contributed by atoms with Gasteiger partial charge >= 0.3 is 6.09 Å². The largest absolute Gasteiger partial charge is 0.453 e. The minimum absolute atomic E-state index is 0.00745. The lowest BCUT2D eigenvalue weighted by molar-refractivity contribution is -0.0333. The van der Waals surface area contributed by atoms with Crippen LogP contribution in [0.15, 0.2) is 42.5 Å². The fourth-order valence-corrected chi connectivity index (χ4v) is 5.86. The van der Waals surface area contributed by atoms with Crippen LogP contribution in [0.4, 0.5) is 4.79 Å². The van der Waals surface area contributed by atoms with Gasteiger partial charge in [0.05, 0.1) is 44.7 Å². The van der Waals surface area contributed by atoms with Gasteiger partial charge in [0, 0.05) is 36.8 Å². The summed E-state index contributed by atoms with van der Waals surface area (Å²) in [5.74, 6) is 0. The molecule has 3 aliphatic rings. The van der Waals surface area contributed by atoms with Crippen LogP contribution in [-0.2, 0) is 32.1 Å². The lowest BCUT2D eigenvalue weighted by Crippen LogP contribution is -2.51. The van der Waals surface area contributed by atoms with Crippen molar-refractivity contribution in [3.63, 3.8) is 0 Å². The van der Waals surface area contributed by atoms with Crippen LogP contribution < -0.4 is 10.6 Å². The molecule has 4 heterocycles. The van der Waals surface area contributed by atoms with Crippen molar-refractivity contribution in [1.29, 1.82) is 0 Å². The van der Waals surface area contributed by atoms with E-state index in [0.29, 0.717) is 39.0 Å². The van der Waals surface area contributed by atoms with Gasteiger partial charge in [-0.05, 0) is 50.8 Å². The summed E-state index contributed by atoms with van der Waals surface area (Å²) in [7, 11) is 1.37. The molecule has 5 atom stereocenters. The molecule has 42 heavy (non-hydrogen) atoms. The molecule has 0 bridgehead atoms. The summed E-state index contributed by atoms with van der Waals surface area (Å²) in [5.41, 5.74) is 4.01. The average molecular weight is 579 g/mol. The van der Waals surface area contributed by atoms with Crippen LogP contribution in [0.1, 0.15) is 49.2 Å². The fourth-order valence-electron chi connectivity index (χ4n) is 5.86. The molecule has 3 aromatic rings. The number of fused-ring (bicyclic) bond motifs is 1. The monoisotopic (exact) mass is 578 g/mol. The number of hydrogen-bond donors (Lipinski definition) is 2. The van der Waals surface area contributed by atoms with Gasteiger partial charge in [0.25, 0.3) is 0 Å². The average Bonchev–Trinajstić information content (AvgIpc) is 3.95. The first kappa shape index (κ1) is 29.0. The summed E-state index contributed by atoms with van der Waals surface area (Å²) in [6.07, 6.45) is 2.67. The van der Waals surface area contributed by atoms with Gasteiger partial charge in [-0.15, -0.1) is 0 Å². The van der Waals surface area contributed by atoms with Crippen LogP contribution >= 0.6 is 0 Å². The third-order valence-corrected chi connectivity index (χ3v) is 8.29. The van der Waals surface area contributed by atoms with Gasteiger partial charge in [-0.1, -0.05) is 30.3 Å². The molecule has 6 rings (SSSR count). The minimum atomic E-state index is -0.424. The lowest BCUT2D eigenvalue weighted by atomic mass is 10.1. The molecule has 3 fully saturated rings. The van der Waals surface area contributed by atoms with Crippen LogP contribution in [0.2, 0.25) is 0 Å². The Kier molecular flexibility index (Phi) is 9.01. The zero-order chi connectivity index (χ0) is 29.1. The number of rotatable bonds is 13. The highest BCUT2D eigenvalue weighted by Gasteiger charge is 2.55. The summed E-state index contributed by atoms with van der Waals surface area (Å²) in [6, 6.07) is 15.1. The number of aryl methyl sites for hydroxylation is 2. The second kappa shape index (κ2) is 13.0. The molecule has 11 nitrogen and oxygen atoms in total. The molecule has 0 spiro atoms. The first-order valence-corrected chi connectivity index (χ1v) is 15.1. The van der Waals surface area contributed by atoms with Gasteiger partial charge in [0.1, 0.15) is 18.4 Å². The molecule has 11 heteroatoms. The van der Waals surface area contributed by atoms with Gasteiger partial charge in [-0.2, -0.15) is 5.10 Å². The Bertz CT molecular complexity index is 1340. The summed E-state index contributed by atoms with van der Waals surface area (Å²) < 4.78 is 25.2. The quantitative estimate of drug-likeness (QED) is 0.233. The maximum Gasteiger partial charge on any atom is 0.406 e. The Morgan fingerprint density at radius 1 is 1.24 bits per heavy atom. The Hall–Kier alpha value is -3.09. The van der Waals surface area contributed by atoms with E-state index in [-0.39, 0.29) is 30.5 Å². The minimum Gasteiger partial charge on any atom is -0.453 e. The number of amides is 1. The number of ether oxygens (including phenoxy) is 4. The van der Waals surface area contributed by atoms with Crippen molar-refractivity contribution in [2.75, 3.05) is 33.4 Å². The van der Waals surface area contributed by atoms with Gasteiger partial charge in [0.2, 0.25) is 0 Å². The normalized spacial score (nSPS) is 24.6. The number of methoxy groups -OCH3 is 1. The molecule has 1 aliphatic carbocycles. The summed E-state index contributed by atoms with van der Waals surface area (Å²) >= 11 is 0. The molecule has 1 amide bonds. The van der Waals surface area contributed by atoms with E-state index in [4.69, 9.17) is 24.3 Å². The van der Waals surface area contributed by atoms with Crippen molar-refractivity contribution in [3.05, 3.63) is 59.4 Å². The smallest absolute Gasteiger partial charge is 0.406 e.